The number of nitrogens with zero attached hydrogens (tertiary/aromatic N) is 4. The first-order valence-electron chi connectivity index (χ1n) is 10.2. The Hall–Kier alpha value is -3.06. The molecule has 0 saturated carbocycles. The van der Waals surface area contributed by atoms with Crippen LogP contribution in [0.2, 0.25) is 5.15 Å². The van der Waals surface area contributed by atoms with E-state index in [-0.39, 0.29) is 12.0 Å². The Bertz CT molecular complexity index is 1110. The normalized spacial score (nSPS) is 14.7. The number of hydrogen-bond donors (Lipinski definition) is 0. The molecule has 7 nitrogen and oxygen atoms in total. The maximum absolute atomic E-state index is 13.4. The fourth-order valence-corrected chi connectivity index (χ4v) is 4.04. The van der Waals surface area contributed by atoms with Crippen LogP contribution in [0.25, 0.3) is 16.7 Å². The molecule has 1 saturated heterocycles. The predicted octanol–water partition coefficient (Wildman–Crippen LogP) is 4.37. The van der Waals surface area contributed by atoms with Crippen LogP contribution in [0.5, 0.6) is 0 Å². The van der Waals surface area contributed by atoms with Crippen molar-refractivity contribution in [2.45, 2.75) is 26.4 Å². The number of piperazine rings is 1. The van der Waals surface area contributed by atoms with Crippen molar-refractivity contribution in [2.75, 3.05) is 26.2 Å². The second kappa shape index (κ2) is 8.23. The summed E-state index contributed by atoms with van der Waals surface area (Å²) in [4.78, 5) is 33.5. The predicted molar refractivity (Wildman–Crippen MR) is 120 cm³/mol. The molecule has 4 rings (SSSR count). The van der Waals surface area contributed by atoms with Crippen molar-refractivity contribution in [3.63, 3.8) is 0 Å². The first-order valence-corrected chi connectivity index (χ1v) is 10.6. The van der Waals surface area contributed by atoms with Gasteiger partial charge in [-0.2, -0.15) is 0 Å². The Morgan fingerprint density at radius 3 is 2.26 bits per heavy atom. The zero-order chi connectivity index (χ0) is 22.2. The summed E-state index contributed by atoms with van der Waals surface area (Å²) in [6, 6.07) is 13.4. The highest BCUT2D eigenvalue weighted by Gasteiger charge is 2.31. The van der Waals surface area contributed by atoms with E-state index in [1.54, 1.807) is 16.0 Å². The third kappa shape index (κ3) is 4.23. The minimum absolute atomic E-state index is 0.188. The van der Waals surface area contributed by atoms with Gasteiger partial charge in [0.2, 0.25) is 0 Å². The van der Waals surface area contributed by atoms with E-state index in [2.05, 4.69) is 4.98 Å². The number of para-hydroxylation sites is 1. The molecule has 0 N–H and O–H groups in total. The zero-order valence-corrected chi connectivity index (χ0v) is 18.6. The fraction of sp³-hybridized carbons (Fsp3) is 0.348. The summed E-state index contributed by atoms with van der Waals surface area (Å²) >= 11 is 6.74. The van der Waals surface area contributed by atoms with Gasteiger partial charge in [-0.1, -0.05) is 29.8 Å². The third-order valence-corrected chi connectivity index (χ3v) is 5.47. The van der Waals surface area contributed by atoms with E-state index in [9.17, 15) is 9.59 Å². The molecular weight excluding hydrogens is 416 g/mol. The van der Waals surface area contributed by atoms with E-state index < -0.39 is 5.60 Å². The quantitative estimate of drug-likeness (QED) is 0.593. The number of halogens is 1. The van der Waals surface area contributed by atoms with Gasteiger partial charge in [0.25, 0.3) is 5.91 Å². The summed E-state index contributed by atoms with van der Waals surface area (Å²) in [5.74, 6) is -0.188. The maximum atomic E-state index is 13.4. The van der Waals surface area contributed by atoms with Crippen molar-refractivity contribution in [2.24, 2.45) is 0 Å². The van der Waals surface area contributed by atoms with Gasteiger partial charge in [-0.3, -0.25) is 14.3 Å². The van der Waals surface area contributed by atoms with Gasteiger partial charge in [-0.15, -0.1) is 0 Å². The number of fused-ring (bicyclic) bond motifs is 1. The van der Waals surface area contributed by atoms with E-state index >= 15 is 0 Å². The van der Waals surface area contributed by atoms with Gasteiger partial charge < -0.3 is 14.5 Å². The molecule has 1 aliphatic rings. The minimum Gasteiger partial charge on any atom is -0.444 e. The monoisotopic (exact) mass is 440 g/mol. The number of aromatic nitrogens is 2. The third-order valence-electron chi connectivity index (χ3n) is 5.11. The molecule has 0 spiro atoms. The van der Waals surface area contributed by atoms with Gasteiger partial charge in [-0.25, -0.2) is 4.79 Å². The zero-order valence-electron chi connectivity index (χ0n) is 17.8. The smallest absolute Gasteiger partial charge is 0.410 e. The van der Waals surface area contributed by atoms with Gasteiger partial charge >= 0.3 is 6.09 Å². The lowest BCUT2D eigenvalue weighted by Crippen LogP contribution is -2.51. The average molecular weight is 441 g/mol. The number of carbonyl (C=O) groups is 2. The van der Waals surface area contributed by atoms with Crippen LogP contribution in [-0.2, 0) is 4.74 Å². The van der Waals surface area contributed by atoms with Crippen molar-refractivity contribution in [3.05, 3.63) is 59.4 Å². The summed E-state index contributed by atoms with van der Waals surface area (Å²) in [5, 5.41) is 0.333. The molecule has 0 aliphatic carbocycles. The van der Waals surface area contributed by atoms with Crippen LogP contribution in [0.1, 0.15) is 31.1 Å². The van der Waals surface area contributed by atoms with Crippen LogP contribution in [0, 0.1) is 0 Å². The van der Waals surface area contributed by atoms with Gasteiger partial charge in [0.15, 0.2) is 0 Å². The van der Waals surface area contributed by atoms with Crippen LogP contribution < -0.4 is 0 Å². The highest BCUT2D eigenvalue weighted by molar-refractivity contribution is 6.35. The molecule has 0 bridgehead atoms. The number of benzene rings is 1. The molecule has 1 fully saturated rings. The number of rotatable bonds is 2. The van der Waals surface area contributed by atoms with Gasteiger partial charge in [0.1, 0.15) is 21.8 Å². The Labute approximate surface area is 186 Å². The molecule has 1 aromatic carbocycles. The first kappa shape index (κ1) is 21.2. The summed E-state index contributed by atoms with van der Waals surface area (Å²) in [7, 11) is 0. The standard InChI is InChI=1S/C23H25ClN4O3/c1-23(2,3)31-22(30)27-14-12-26(13-15-27)21(29)18-19-17(10-7-11-25-19)28(20(18)24)16-8-5-4-6-9-16/h4-11H,12-15H2,1-3H3. The molecule has 162 valence electrons. The largest absolute Gasteiger partial charge is 0.444 e. The van der Waals surface area contributed by atoms with Gasteiger partial charge in [0.05, 0.1) is 5.52 Å². The molecule has 31 heavy (non-hydrogen) atoms. The molecule has 2 aromatic heterocycles. The number of amides is 2. The van der Waals surface area contributed by atoms with E-state index in [0.717, 1.165) is 11.2 Å². The van der Waals surface area contributed by atoms with Crippen LogP contribution in [0.4, 0.5) is 4.79 Å². The molecule has 0 atom stereocenters. The van der Waals surface area contributed by atoms with E-state index in [0.29, 0.717) is 42.4 Å². The van der Waals surface area contributed by atoms with Crippen LogP contribution in [-0.4, -0.2) is 63.1 Å². The van der Waals surface area contributed by atoms with Crippen molar-refractivity contribution in [3.8, 4) is 5.69 Å². The van der Waals surface area contributed by atoms with Crippen LogP contribution in [0.3, 0.4) is 0 Å². The highest BCUT2D eigenvalue weighted by atomic mass is 35.5. The Morgan fingerprint density at radius 1 is 0.968 bits per heavy atom. The maximum Gasteiger partial charge on any atom is 0.410 e. The number of carbonyl (C=O) groups excluding carboxylic acids is 2. The lowest BCUT2D eigenvalue weighted by molar-refractivity contribution is 0.0141. The fourth-order valence-electron chi connectivity index (χ4n) is 3.68. The molecular formula is C23H25ClN4O3. The molecule has 0 unspecified atom stereocenters. The topological polar surface area (TPSA) is 67.7 Å². The summed E-state index contributed by atoms with van der Waals surface area (Å²) < 4.78 is 7.28. The van der Waals surface area contributed by atoms with E-state index in [4.69, 9.17) is 16.3 Å². The van der Waals surface area contributed by atoms with Crippen molar-refractivity contribution < 1.29 is 14.3 Å². The summed E-state index contributed by atoms with van der Waals surface area (Å²) in [6.45, 7) is 7.12. The minimum atomic E-state index is -0.553. The summed E-state index contributed by atoms with van der Waals surface area (Å²) in [5.41, 5.74) is 2.03. The lowest BCUT2D eigenvalue weighted by atomic mass is 10.2. The highest BCUT2D eigenvalue weighted by Crippen LogP contribution is 2.33. The Kier molecular flexibility index (Phi) is 5.62. The molecule has 0 radical (unpaired) electrons. The first-order chi connectivity index (χ1) is 14.8. The molecule has 8 heteroatoms. The number of hydrogen-bond acceptors (Lipinski definition) is 4. The number of pyridine rings is 1. The van der Waals surface area contributed by atoms with Gasteiger partial charge in [0, 0.05) is 38.1 Å². The summed E-state index contributed by atoms with van der Waals surface area (Å²) in [6.07, 6.45) is 1.30. The van der Waals surface area contributed by atoms with Crippen molar-refractivity contribution >= 4 is 34.6 Å². The van der Waals surface area contributed by atoms with E-state index in [1.165, 1.54) is 0 Å². The molecule has 2 amide bonds. The SMILES string of the molecule is CC(C)(C)OC(=O)N1CCN(C(=O)c2c(Cl)n(-c3ccccc3)c3cccnc23)CC1. The average Bonchev–Trinajstić information content (AvgIpc) is 3.04. The second-order valence-electron chi connectivity index (χ2n) is 8.47. The van der Waals surface area contributed by atoms with Gasteiger partial charge in [-0.05, 0) is 45.0 Å². The van der Waals surface area contributed by atoms with Crippen LogP contribution in [0.15, 0.2) is 48.7 Å². The Balaban J connectivity index is 1.60. The van der Waals surface area contributed by atoms with Crippen molar-refractivity contribution in [1.82, 2.24) is 19.4 Å². The molecule has 1 aliphatic heterocycles. The van der Waals surface area contributed by atoms with Crippen LogP contribution >= 0.6 is 11.6 Å². The number of ether oxygens (including phenoxy) is 1. The van der Waals surface area contributed by atoms with E-state index in [1.807, 2.05) is 67.8 Å². The molecule has 3 aromatic rings. The Morgan fingerprint density at radius 2 is 1.61 bits per heavy atom. The molecule has 3 heterocycles. The van der Waals surface area contributed by atoms with Crippen molar-refractivity contribution in [1.29, 1.82) is 0 Å². The second-order valence-corrected chi connectivity index (χ2v) is 8.83. The lowest BCUT2D eigenvalue weighted by Gasteiger charge is -2.35.